The van der Waals surface area contributed by atoms with E-state index in [1.54, 1.807) is 6.07 Å². The molecular weight excluding hydrogens is 455 g/mol. The molecule has 1 aliphatic heterocycles. The standard InChI is InChI=1S/C23H18F3N3O3S/c1-15(30)28-23(17-9-12-20(24)21(25)13-17)14-22(27-28)16-7-10-18(11-8-16)29(26)33(31,32)19-5-3-2-4-6-19/h2-13,23H,14H2,1H3. The number of anilines is 1. The minimum atomic E-state index is -4.38. The number of nitrogens with zero attached hydrogens (tertiary/aromatic N) is 3. The third kappa shape index (κ3) is 4.34. The number of carbonyl (C=O) groups excluding carboxylic acids is 1. The highest BCUT2D eigenvalue weighted by atomic mass is 32.2. The molecule has 4 rings (SSSR count). The fraction of sp³-hybridized carbons (Fsp3) is 0.130. The summed E-state index contributed by atoms with van der Waals surface area (Å²) in [6, 6.07) is 15.5. The maximum Gasteiger partial charge on any atom is 0.290 e. The van der Waals surface area contributed by atoms with Crippen LogP contribution >= 0.6 is 0 Å². The van der Waals surface area contributed by atoms with Gasteiger partial charge in [0.05, 0.1) is 22.3 Å². The zero-order valence-electron chi connectivity index (χ0n) is 17.3. The molecule has 10 heteroatoms. The molecule has 3 aromatic rings. The Morgan fingerprint density at radius 2 is 1.67 bits per heavy atom. The van der Waals surface area contributed by atoms with E-state index in [0.29, 0.717) is 16.8 Å². The first-order valence-corrected chi connectivity index (χ1v) is 11.3. The second kappa shape index (κ2) is 8.70. The van der Waals surface area contributed by atoms with Gasteiger partial charge in [-0.05, 0) is 47.5 Å². The predicted octanol–water partition coefficient (Wildman–Crippen LogP) is 4.74. The molecule has 1 aliphatic rings. The topological polar surface area (TPSA) is 70.1 Å². The van der Waals surface area contributed by atoms with Crippen LogP contribution in [0.3, 0.4) is 0 Å². The van der Waals surface area contributed by atoms with Crippen molar-refractivity contribution in [3.05, 3.63) is 95.6 Å². The van der Waals surface area contributed by atoms with Crippen molar-refractivity contribution in [3.8, 4) is 0 Å². The van der Waals surface area contributed by atoms with Crippen molar-refractivity contribution in [2.75, 3.05) is 4.53 Å². The average Bonchev–Trinajstić information content (AvgIpc) is 3.27. The molecular formula is C23H18F3N3O3S. The number of hydrazone groups is 1. The maximum absolute atomic E-state index is 14.7. The summed E-state index contributed by atoms with van der Waals surface area (Å²) in [5.41, 5.74) is 1.16. The van der Waals surface area contributed by atoms with Crippen molar-refractivity contribution >= 4 is 27.3 Å². The van der Waals surface area contributed by atoms with Crippen molar-refractivity contribution < 1.29 is 26.5 Å². The van der Waals surface area contributed by atoms with E-state index >= 15 is 0 Å². The molecule has 1 heterocycles. The van der Waals surface area contributed by atoms with Gasteiger partial charge in [-0.15, -0.1) is 0 Å². The number of rotatable bonds is 5. The Morgan fingerprint density at radius 3 is 2.27 bits per heavy atom. The first-order chi connectivity index (χ1) is 15.7. The number of amides is 1. The third-order valence-corrected chi connectivity index (χ3v) is 6.72. The van der Waals surface area contributed by atoms with Crippen LogP contribution in [0, 0.1) is 11.6 Å². The van der Waals surface area contributed by atoms with Crippen LogP contribution in [0.2, 0.25) is 0 Å². The van der Waals surface area contributed by atoms with Crippen LogP contribution < -0.4 is 4.53 Å². The van der Waals surface area contributed by atoms with Gasteiger partial charge in [-0.3, -0.25) is 4.79 Å². The van der Waals surface area contributed by atoms with E-state index in [4.69, 9.17) is 0 Å². The highest BCUT2D eigenvalue weighted by Crippen LogP contribution is 2.34. The molecule has 170 valence electrons. The van der Waals surface area contributed by atoms with E-state index in [0.717, 1.165) is 12.1 Å². The fourth-order valence-corrected chi connectivity index (χ4v) is 4.63. The number of carbonyl (C=O) groups is 1. The summed E-state index contributed by atoms with van der Waals surface area (Å²) in [6.07, 6.45) is 0.214. The number of hydrogen-bond acceptors (Lipinski definition) is 4. The van der Waals surface area contributed by atoms with Crippen molar-refractivity contribution in [2.45, 2.75) is 24.3 Å². The van der Waals surface area contributed by atoms with Gasteiger partial charge in [0.2, 0.25) is 5.91 Å². The summed E-state index contributed by atoms with van der Waals surface area (Å²) in [4.78, 5) is 11.9. The lowest BCUT2D eigenvalue weighted by Gasteiger charge is -2.20. The summed E-state index contributed by atoms with van der Waals surface area (Å²) in [7, 11) is -4.38. The lowest BCUT2D eigenvalue weighted by molar-refractivity contribution is -0.130. The molecule has 0 N–H and O–H groups in total. The normalized spacial score (nSPS) is 15.9. The van der Waals surface area contributed by atoms with Gasteiger partial charge in [0.25, 0.3) is 10.0 Å². The molecule has 0 spiro atoms. The Hall–Kier alpha value is -3.66. The molecule has 3 aromatic carbocycles. The van der Waals surface area contributed by atoms with Crippen molar-refractivity contribution in [3.63, 3.8) is 0 Å². The summed E-state index contributed by atoms with van der Waals surface area (Å²) < 4.78 is 66.4. The zero-order valence-corrected chi connectivity index (χ0v) is 18.1. The van der Waals surface area contributed by atoms with Crippen LogP contribution in [0.4, 0.5) is 18.9 Å². The molecule has 33 heavy (non-hydrogen) atoms. The van der Waals surface area contributed by atoms with Crippen LogP contribution in [-0.2, 0) is 14.8 Å². The lowest BCUT2D eigenvalue weighted by atomic mass is 9.98. The van der Waals surface area contributed by atoms with Gasteiger partial charge in [0.15, 0.2) is 11.6 Å². The van der Waals surface area contributed by atoms with Gasteiger partial charge >= 0.3 is 0 Å². The number of sulfonamides is 1. The third-order valence-electron chi connectivity index (χ3n) is 5.22. The molecule has 1 unspecified atom stereocenters. The Kier molecular flexibility index (Phi) is 5.94. The molecule has 0 aromatic heterocycles. The molecule has 0 bridgehead atoms. The highest BCUT2D eigenvalue weighted by Gasteiger charge is 2.32. The fourth-order valence-electron chi connectivity index (χ4n) is 3.55. The van der Waals surface area contributed by atoms with Crippen LogP contribution in [0.5, 0.6) is 0 Å². The van der Waals surface area contributed by atoms with Gasteiger partial charge in [-0.2, -0.15) is 13.5 Å². The van der Waals surface area contributed by atoms with E-state index < -0.39 is 27.7 Å². The SMILES string of the molecule is CC(=O)N1N=C(c2ccc(N(F)S(=O)(=O)c3ccccc3)cc2)CC1c1ccc(F)c(F)c1. The second-order valence-electron chi connectivity index (χ2n) is 7.38. The van der Waals surface area contributed by atoms with Crippen LogP contribution in [0.15, 0.2) is 82.8 Å². The minimum Gasteiger partial charge on any atom is -0.273 e. The summed E-state index contributed by atoms with van der Waals surface area (Å²) in [5, 5.41) is 5.48. The Balaban J connectivity index is 1.59. The van der Waals surface area contributed by atoms with Crippen molar-refractivity contribution in [1.29, 1.82) is 0 Å². The zero-order chi connectivity index (χ0) is 23.8. The van der Waals surface area contributed by atoms with Gasteiger partial charge in [-0.25, -0.2) is 13.8 Å². The van der Waals surface area contributed by atoms with Crippen LogP contribution in [0.25, 0.3) is 0 Å². The Bertz CT molecular complexity index is 1330. The van der Waals surface area contributed by atoms with E-state index in [9.17, 15) is 26.5 Å². The molecule has 0 saturated heterocycles. The monoisotopic (exact) mass is 473 g/mol. The first kappa shape index (κ1) is 22.5. The molecule has 1 atom stereocenters. The quantitative estimate of drug-likeness (QED) is 0.503. The van der Waals surface area contributed by atoms with E-state index in [2.05, 4.69) is 5.10 Å². The Labute approximate surface area is 188 Å². The molecule has 6 nitrogen and oxygen atoms in total. The van der Waals surface area contributed by atoms with Crippen LogP contribution in [-0.4, -0.2) is 25.0 Å². The van der Waals surface area contributed by atoms with Crippen molar-refractivity contribution in [2.24, 2.45) is 5.10 Å². The predicted molar refractivity (Wildman–Crippen MR) is 116 cm³/mol. The van der Waals surface area contributed by atoms with Gasteiger partial charge in [0, 0.05) is 13.3 Å². The summed E-state index contributed by atoms with van der Waals surface area (Å²) >= 11 is 0. The number of benzene rings is 3. The maximum atomic E-state index is 14.7. The molecule has 0 radical (unpaired) electrons. The summed E-state index contributed by atoms with van der Waals surface area (Å²) in [5.74, 6) is -2.42. The molecule has 1 amide bonds. The van der Waals surface area contributed by atoms with E-state index in [1.807, 2.05) is 0 Å². The average molecular weight is 473 g/mol. The van der Waals surface area contributed by atoms with E-state index in [1.165, 1.54) is 66.5 Å². The van der Waals surface area contributed by atoms with Gasteiger partial charge in [-0.1, -0.05) is 45.4 Å². The van der Waals surface area contributed by atoms with Crippen LogP contribution in [0.1, 0.15) is 30.5 Å². The van der Waals surface area contributed by atoms with Gasteiger partial charge < -0.3 is 0 Å². The number of hydrogen-bond donors (Lipinski definition) is 0. The van der Waals surface area contributed by atoms with Crippen molar-refractivity contribution in [1.82, 2.24) is 5.01 Å². The second-order valence-corrected chi connectivity index (χ2v) is 9.13. The van der Waals surface area contributed by atoms with Gasteiger partial charge in [0.1, 0.15) is 0 Å². The molecule has 0 fully saturated rings. The summed E-state index contributed by atoms with van der Waals surface area (Å²) in [6.45, 7) is 1.30. The molecule has 0 aliphatic carbocycles. The smallest absolute Gasteiger partial charge is 0.273 e. The minimum absolute atomic E-state index is 0.191. The number of halogens is 3. The first-order valence-electron chi connectivity index (χ1n) is 9.87. The lowest BCUT2D eigenvalue weighted by Crippen LogP contribution is -2.24. The van der Waals surface area contributed by atoms with E-state index in [-0.39, 0.29) is 27.4 Å². The largest absolute Gasteiger partial charge is 0.290 e. The highest BCUT2D eigenvalue weighted by molar-refractivity contribution is 7.92. The molecule has 0 saturated carbocycles. The Morgan fingerprint density at radius 1 is 1.00 bits per heavy atom.